The number of carbonyl (C=O) groups is 2. The minimum Gasteiger partial charge on any atom is -0.340 e. The molecule has 0 spiro atoms. The van der Waals surface area contributed by atoms with Crippen LogP contribution < -0.4 is 5.32 Å². The Balaban J connectivity index is 2.30. The van der Waals surface area contributed by atoms with Crippen molar-refractivity contribution in [2.24, 2.45) is 5.41 Å². The van der Waals surface area contributed by atoms with Gasteiger partial charge in [-0.2, -0.15) is 0 Å². The molecule has 2 rings (SSSR count). The zero-order valence-electron chi connectivity index (χ0n) is 12.6. The molecule has 0 aromatic carbocycles. The Kier molecular flexibility index (Phi) is 3.63. The zero-order chi connectivity index (χ0) is 14.3. The van der Waals surface area contributed by atoms with E-state index in [2.05, 4.69) is 19.2 Å². The Bertz CT molecular complexity index is 386. The molecule has 4 heteroatoms. The van der Waals surface area contributed by atoms with Crippen molar-refractivity contribution < 1.29 is 9.59 Å². The van der Waals surface area contributed by atoms with E-state index in [-0.39, 0.29) is 29.8 Å². The number of amides is 2. The van der Waals surface area contributed by atoms with Gasteiger partial charge in [-0.15, -0.1) is 0 Å². The van der Waals surface area contributed by atoms with Crippen molar-refractivity contribution in [2.45, 2.75) is 71.4 Å². The van der Waals surface area contributed by atoms with Crippen LogP contribution in [0.25, 0.3) is 0 Å². The number of hydrogen-bond acceptors (Lipinski definition) is 2. The number of nitrogens with zero attached hydrogens (tertiary/aromatic N) is 1. The van der Waals surface area contributed by atoms with E-state index in [1.165, 1.54) is 0 Å². The van der Waals surface area contributed by atoms with Crippen LogP contribution in [-0.4, -0.2) is 34.8 Å². The molecule has 0 radical (unpaired) electrons. The Morgan fingerprint density at radius 3 is 2.37 bits per heavy atom. The molecule has 4 nitrogen and oxygen atoms in total. The van der Waals surface area contributed by atoms with Crippen molar-refractivity contribution in [1.82, 2.24) is 10.2 Å². The molecule has 19 heavy (non-hydrogen) atoms. The first-order valence-electron chi connectivity index (χ1n) is 7.48. The van der Waals surface area contributed by atoms with E-state index in [1.54, 1.807) is 0 Å². The Hall–Kier alpha value is -1.06. The SMILES string of the molecule is CCC1(CC)NC(=O)CN(C2CCCC2(C)C)C1=O. The molecule has 0 aromatic rings. The molecule has 0 aromatic heterocycles. The summed E-state index contributed by atoms with van der Waals surface area (Å²) in [6.45, 7) is 8.61. The fourth-order valence-corrected chi connectivity index (χ4v) is 3.73. The first-order valence-corrected chi connectivity index (χ1v) is 7.48. The summed E-state index contributed by atoms with van der Waals surface area (Å²) in [5.41, 5.74) is -0.547. The molecule has 1 saturated carbocycles. The summed E-state index contributed by atoms with van der Waals surface area (Å²) < 4.78 is 0. The molecule has 1 heterocycles. The van der Waals surface area contributed by atoms with Crippen LogP contribution in [0.4, 0.5) is 0 Å². The van der Waals surface area contributed by atoms with Crippen LogP contribution >= 0.6 is 0 Å². The lowest BCUT2D eigenvalue weighted by molar-refractivity contribution is -0.154. The lowest BCUT2D eigenvalue weighted by Gasteiger charge is -2.46. The van der Waals surface area contributed by atoms with Crippen molar-refractivity contribution in [3.63, 3.8) is 0 Å². The molecule has 2 aliphatic rings. The van der Waals surface area contributed by atoms with Gasteiger partial charge in [0.1, 0.15) is 5.54 Å². The lowest BCUT2D eigenvalue weighted by atomic mass is 9.82. The van der Waals surface area contributed by atoms with Gasteiger partial charge in [0.05, 0.1) is 6.54 Å². The van der Waals surface area contributed by atoms with Crippen molar-refractivity contribution in [2.75, 3.05) is 6.54 Å². The summed E-state index contributed by atoms with van der Waals surface area (Å²) in [5.74, 6) is 0.114. The van der Waals surface area contributed by atoms with Gasteiger partial charge >= 0.3 is 0 Å². The van der Waals surface area contributed by atoms with Crippen molar-refractivity contribution in [1.29, 1.82) is 0 Å². The first kappa shape index (κ1) is 14.4. The van der Waals surface area contributed by atoms with Crippen LogP contribution in [0.2, 0.25) is 0 Å². The number of hydrogen-bond donors (Lipinski definition) is 1. The third kappa shape index (κ3) is 2.26. The van der Waals surface area contributed by atoms with Gasteiger partial charge in [0.25, 0.3) is 0 Å². The third-order valence-corrected chi connectivity index (χ3v) is 5.15. The number of carbonyl (C=O) groups excluding carboxylic acids is 2. The molecule has 1 saturated heterocycles. The molecular formula is C15H26N2O2. The summed E-state index contributed by atoms with van der Waals surface area (Å²) in [6, 6.07) is 0.212. The van der Waals surface area contributed by atoms with Crippen molar-refractivity contribution >= 4 is 11.8 Å². The fraction of sp³-hybridized carbons (Fsp3) is 0.867. The van der Waals surface area contributed by atoms with E-state index in [0.717, 1.165) is 19.3 Å². The van der Waals surface area contributed by atoms with E-state index in [4.69, 9.17) is 0 Å². The van der Waals surface area contributed by atoms with E-state index >= 15 is 0 Å². The van der Waals surface area contributed by atoms with Crippen LogP contribution in [0.15, 0.2) is 0 Å². The lowest BCUT2D eigenvalue weighted by Crippen LogP contribution is -2.68. The second-order valence-electron chi connectivity index (χ2n) is 6.67. The van der Waals surface area contributed by atoms with Gasteiger partial charge in [-0.05, 0) is 31.1 Å². The minimum atomic E-state index is -0.673. The Labute approximate surface area is 115 Å². The van der Waals surface area contributed by atoms with Gasteiger partial charge in [0.15, 0.2) is 0 Å². The largest absolute Gasteiger partial charge is 0.340 e. The summed E-state index contributed by atoms with van der Waals surface area (Å²) in [4.78, 5) is 26.7. The smallest absolute Gasteiger partial charge is 0.249 e. The number of nitrogens with one attached hydrogen (secondary N) is 1. The van der Waals surface area contributed by atoms with Gasteiger partial charge < -0.3 is 10.2 Å². The molecule has 1 unspecified atom stereocenters. The fourth-order valence-electron chi connectivity index (χ4n) is 3.73. The van der Waals surface area contributed by atoms with E-state index in [9.17, 15) is 9.59 Å². The van der Waals surface area contributed by atoms with Gasteiger partial charge in [-0.1, -0.05) is 34.1 Å². The quantitative estimate of drug-likeness (QED) is 0.850. The van der Waals surface area contributed by atoms with Gasteiger partial charge in [0.2, 0.25) is 11.8 Å². The highest BCUT2D eigenvalue weighted by Gasteiger charge is 2.49. The second-order valence-corrected chi connectivity index (χ2v) is 6.67. The van der Waals surface area contributed by atoms with Crippen LogP contribution in [0.1, 0.15) is 59.8 Å². The maximum atomic E-state index is 12.8. The average molecular weight is 266 g/mol. The highest BCUT2D eigenvalue weighted by atomic mass is 16.2. The summed E-state index contributed by atoms with van der Waals surface area (Å²) in [6.07, 6.45) is 4.63. The first-order chi connectivity index (χ1) is 8.86. The molecule has 1 N–H and O–H groups in total. The monoisotopic (exact) mass is 266 g/mol. The van der Waals surface area contributed by atoms with Crippen molar-refractivity contribution in [3.8, 4) is 0 Å². The standard InChI is InChI=1S/C15H26N2O2/c1-5-15(6-2)13(19)17(10-12(18)16-15)11-8-7-9-14(11,3)4/h11H,5-10H2,1-4H3,(H,16,18). The van der Waals surface area contributed by atoms with Crippen LogP contribution in [0.5, 0.6) is 0 Å². The second kappa shape index (κ2) is 4.80. The normalized spacial score (nSPS) is 29.5. The van der Waals surface area contributed by atoms with Crippen LogP contribution in [0.3, 0.4) is 0 Å². The maximum absolute atomic E-state index is 12.8. The summed E-state index contributed by atoms with van der Waals surface area (Å²) in [5, 5.41) is 2.93. The number of piperazine rings is 1. The van der Waals surface area contributed by atoms with Crippen LogP contribution in [0, 0.1) is 5.41 Å². The highest BCUT2D eigenvalue weighted by Crippen LogP contribution is 2.42. The molecular weight excluding hydrogens is 240 g/mol. The minimum absolute atomic E-state index is 0.00833. The topological polar surface area (TPSA) is 49.4 Å². The number of rotatable bonds is 3. The summed E-state index contributed by atoms with van der Waals surface area (Å²) in [7, 11) is 0. The van der Waals surface area contributed by atoms with Gasteiger partial charge in [-0.3, -0.25) is 9.59 Å². The molecule has 2 fully saturated rings. The summed E-state index contributed by atoms with van der Waals surface area (Å²) >= 11 is 0. The zero-order valence-corrected chi connectivity index (χ0v) is 12.6. The van der Waals surface area contributed by atoms with Gasteiger partial charge in [0, 0.05) is 6.04 Å². The third-order valence-electron chi connectivity index (χ3n) is 5.15. The molecule has 108 valence electrons. The van der Waals surface area contributed by atoms with E-state index in [1.807, 2.05) is 18.7 Å². The predicted molar refractivity (Wildman–Crippen MR) is 74.6 cm³/mol. The maximum Gasteiger partial charge on any atom is 0.249 e. The van der Waals surface area contributed by atoms with Crippen LogP contribution in [-0.2, 0) is 9.59 Å². The van der Waals surface area contributed by atoms with E-state index in [0.29, 0.717) is 12.8 Å². The van der Waals surface area contributed by atoms with Gasteiger partial charge in [-0.25, -0.2) is 0 Å². The molecule has 2 amide bonds. The molecule has 1 aliphatic carbocycles. The Morgan fingerprint density at radius 2 is 1.89 bits per heavy atom. The highest BCUT2D eigenvalue weighted by molar-refractivity contribution is 5.98. The molecule has 0 bridgehead atoms. The molecule has 1 aliphatic heterocycles. The average Bonchev–Trinajstić information content (AvgIpc) is 2.71. The van der Waals surface area contributed by atoms with E-state index < -0.39 is 5.54 Å². The van der Waals surface area contributed by atoms with Crippen molar-refractivity contribution in [3.05, 3.63) is 0 Å². The molecule has 1 atom stereocenters. The predicted octanol–water partition coefficient (Wildman–Crippen LogP) is 2.08. The Morgan fingerprint density at radius 1 is 1.26 bits per heavy atom.